The lowest BCUT2D eigenvalue weighted by Crippen LogP contribution is -2.32. The van der Waals surface area contributed by atoms with Crippen molar-refractivity contribution in [2.24, 2.45) is 10.2 Å². The fourth-order valence-electron chi connectivity index (χ4n) is 2.27. The topological polar surface area (TPSA) is 108 Å². The molecule has 134 valence electrons. The number of hydrogen-bond donors (Lipinski definition) is 2. The molecule has 0 heterocycles. The maximum Gasteiger partial charge on any atom is 0.335 e. The van der Waals surface area contributed by atoms with Gasteiger partial charge in [-0.1, -0.05) is 17.7 Å². The predicted octanol–water partition coefficient (Wildman–Crippen LogP) is 3.68. The lowest BCUT2D eigenvalue weighted by molar-refractivity contribution is -0.126. The molecule has 0 saturated carbocycles. The number of hydrogen-bond acceptors (Lipinski definition) is 5. The number of anilines is 1. The molecule has 1 atom stereocenters. The third kappa shape index (κ3) is 4.83. The number of carboxylic acid groups (broad SMARTS) is 1. The fourth-order valence-corrected chi connectivity index (χ4v) is 2.27. The van der Waals surface area contributed by atoms with Gasteiger partial charge < -0.3 is 10.4 Å². The van der Waals surface area contributed by atoms with E-state index < -0.39 is 23.7 Å². The van der Waals surface area contributed by atoms with Crippen LogP contribution in [-0.4, -0.2) is 28.8 Å². The van der Waals surface area contributed by atoms with Gasteiger partial charge in [0.15, 0.2) is 5.78 Å². The zero-order valence-corrected chi connectivity index (χ0v) is 14.7. The molecule has 26 heavy (non-hydrogen) atoms. The normalized spacial score (nSPS) is 12.0. The molecular weight excluding hydrogens is 334 g/mol. The van der Waals surface area contributed by atoms with Crippen LogP contribution < -0.4 is 5.32 Å². The highest BCUT2D eigenvalue weighted by molar-refractivity contribution is 6.10. The Hall–Kier alpha value is -3.35. The monoisotopic (exact) mass is 353 g/mol. The fraction of sp³-hybridized carbons (Fsp3) is 0.211. The number of ketones is 1. The Balaban J connectivity index is 2.15. The van der Waals surface area contributed by atoms with E-state index in [1.165, 1.54) is 31.2 Å². The Morgan fingerprint density at radius 2 is 1.69 bits per heavy atom. The molecule has 0 fully saturated rings. The Labute approximate surface area is 150 Å². The number of benzene rings is 2. The number of rotatable bonds is 6. The van der Waals surface area contributed by atoms with E-state index in [2.05, 4.69) is 15.5 Å². The molecule has 2 aromatic rings. The molecule has 0 bridgehead atoms. The van der Waals surface area contributed by atoms with Crippen LogP contribution in [0.2, 0.25) is 0 Å². The molecule has 1 amide bonds. The Bertz CT molecular complexity index is 873. The van der Waals surface area contributed by atoms with Crippen LogP contribution in [0.15, 0.2) is 52.7 Å². The molecule has 7 nitrogen and oxygen atoms in total. The molecule has 0 spiro atoms. The minimum atomic E-state index is -1.28. The SMILES string of the molecule is CC(=O)C(/N=N/c1ccc(C(=O)O)cc1)C(=O)Nc1ccc(C)cc1C. The van der Waals surface area contributed by atoms with Crippen molar-refractivity contribution in [1.82, 2.24) is 0 Å². The minimum absolute atomic E-state index is 0.111. The predicted molar refractivity (Wildman–Crippen MR) is 96.9 cm³/mol. The van der Waals surface area contributed by atoms with Crippen molar-refractivity contribution in [2.45, 2.75) is 26.8 Å². The average Bonchev–Trinajstić information content (AvgIpc) is 2.57. The van der Waals surface area contributed by atoms with Gasteiger partial charge in [0.1, 0.15) is 0 Å². The van der Waals surface area contributed by atoms with Crippen LogP contribution in [0, 0.1) is 13.8 Å². The number of amides is 1. The van der Waals surface area contributed by atoms with Gasteiger partial charge in [-0.2, -0.15) is 10.2 Å². The van der Waals surface area contributed by atoms with Crippen molar-refractivity contribution < 1.29 is 19.5 Å². The highest BCUT2D eigenvalue weighted by atomic mass is 16.4. The summed E-state index contributed by atoms with van der Waals surface area (Å²) in [6.07, 6.45) is 0. The number of carbonyl (C=O) groups is 3. The molecule has 0 aliphatic heterocycles. The summed E-state index contributed by atoms with van der Waals surface area (Å²) in [4.78, 5) is 35.0. The molecule has 0 aliphatic carbocycles. The van der Waals surface area contributed by atoms with E-state index in [-0.39, 0.29) is 5.56 Å². The van der Waals surface area contributed by atoms with E-state index in [0.29, 0.717) is 11.4 Å². The summed E-state index contributed by atoms with van der Waals surface area (Å²) in [6, 6.07) is 9.90. The second kappa shape index (κ2) is 8.15. The molecular formula is C19H19N3O4. The van der Waals surface area contributed by atoms with E-state index in [4.69, 9.17) is 5.11 Å². The second-order valence-electron chi connectivity index (χ2n) is 5.89. The second-order valence-corrected chi connectivity index (χ2v) is 5.89. The maximum atomic E-state index is 12.4. The molecule has 7 heteroatoms. The highest BCUT2D eigenvalue weighted by Crippen LogP contribution is 2.18. The van der Waals surface area contributed by atoms with Gasteiger partial charge in [-0.3, -0.25) is 9.59 Å². The van der Waals surface area contributed by atoms with Crippen LogP contribution >= 0.6 is 0 Å². The number of aryl methyl sites for hydroxylation is 2. The number of nitrogens with one attached hydrogen (secondary N) is 1. The summed E-state index contributed by atoms with van der Waals surface area (Å²) in [6.45, 7) is 5.07. The maximum absolute atomic E-state index is 12.4. The van der Waals surface area contributed by atoms with Crippen molar-refractivity contribution in [3.63, 3.8) is 0 Å². The minimum Gasteiger partial charge on any atom is -0.478 e. The lowest BCUT2D eigenvalue weighted by Gasteiger charge is -2.12. The summed E-state index contributed by atoms with van der Waals surface area (Å²) in [5, 5.41) is 19.3. The summed E-state index contributed by atoms with van der Waals surface area (Å²) in [7, 11) is 0. The van der Waals surface area contributed by atoms with Gasteiger partial charge in [-0.05, 0) is 56.7 Å². The molecule has 0 radical (unpaired) electrons. The van der Waals surface area contributed by atoms with Gasteiger partial charge in [0.25, 0.3) is 5.91 Å². The molecule has 2 N–H and O–H groups in total. The zero-order valence-electron chi connectivity index (χ0n) is 14.7. The number of Topliss-reactive ketones (excluding diaryl/α,β-unsaturated/α-hetero) is 1. The molecule has 2 rings (SSSR count). The number of carboxylic acids is 1. The first-order valence-electron chi connectivity index (χ1n) is 7.90. The first-order valence-corrected chi connectivity index (χ1v) is 7.90. The Morgan fingerprint density at radius 3 is 2.23 bits per heavy atom. The largest absolute Gasteiger partial charge is 0.478 e. The van der Waals surface area contributed by atoms with Crippen LogP contribution in [0.3, 0.4) is 0 Å². The first kappa shape index (κ1) is 19.0. The third-order valence-corrected chi connectivity index (χ3v) is 3.68. The van der Waals surface area contributed by atoms with Gasteiger partial charge in [0.2, 0.25) is 6.04 Å². The van der Waals surface area contributed by atoms with Gasteiger partial charge in [0.05, 0.1) is 11.3 Å². The van der Waals surface area contributed by atoms with Crippen molar-refractivity contribution >= 4 is 29.0 Å². The van der Waals surface area contributed by atoms with Crippen LogP contribution in [0.4, 0.5) is 11.4 Å². The van der Waals surface area contributed by atoms with E-state index >= 15 is 0 Å². The molecule has 0 saturated heterocycles. The van der Waals surface area contributed by atoms with Crippen LogP contribution in [0.5, 0.6) is 0 Å². The Morgan fingerprint density at radius 1 is 1.04 bits per heavy atom. The van der Waals surface area contributed by atoms with Crippen LogP contribution in [0.1, 0.15) is 28.4 Å². The van der Waals surface area contributed by atoms with Gasteiger partial charge in [-0.25, -0.2) is 4.79 Å². The number of nitrogens with zero attached hydrogens (tertiary/aromatic N) is 2. The van der Waals surface area contributed by atoms with Crippen LogP contribution in [-0.2, 0) is 9.59 Å². The van der Waals surface area contributed by atoms with E-state index in [1.54, 1.807) is 6.07 Å². The van der Waals surface area contributed by atoms with Gasteiger partial charge >= 0.3 is 5.97 Å². The zero-order chi connectivity index (χ0) is 19.3. The highest BCUT2D eigenvalue weighted by Gasteiger charge is 2.23. The van der Waals surface area contributed by atoms with Gasteiger partial charge in [-0.15, -0.1) is 0 Å². The van der Waals surface area contributed by atoms with E-state index in [0.717, 1.165) is 11.1 Å². The summed E-state index contributed by atoms with van der Waals surface area (Å²) in [5.41, 5.74) is 3.00. The van der Waals surface area contributed by atoms with Crippen molar-refractivity contribution in [3.8, 4) is 0 Å². The molecule has 0 aliphatic rings. The number of azo groups is 1. The first-order chi connectivity index (χ1) is 12.3. The van der Waals surface area contributed by atoms with E-state index in [1.807, 2.05) is 26.0 Å². The summed E-state index contributed by atoms with van der Waals surface area (Å²) < 4.78 is 0. The van der Waals surface area contributed by atoms with Crippen molar-refractivity contribution in [2.75, 3.05) is 5.32 Å². The van der Waals surface area contributed by atoms with Crippen molar-refractivity contribution in [3.05, 3.63) is 59.2 Å². The van der Waals surface area contributed by atoms with Gasteiger partial charge in [0, 0.05) is 5.69 Å². The Kier molecular flexibility index (Phi) is 5.95. The number of aromatic carboxylic acids is 1. The smallest absolute Gasteiger partial charge is 0.335 e. The molecule has 1 unspecified atom stereocenters. The molecule has 2 aromatic carbocycles. The van der Waals surface area contributed by atoms with Crippen LogP contribution in [0.25, 0.3) is 0 Å². The number of carbonyl (C=O) groups excluding carboxylic acids is 2. The summed E-state index contributed by atoms with van der Waals surface area (Å²) in [5.74, 6) is -2.07. The van der Waals surface area contributed by atoms with E-state index in [9.17, 15) is 14.4 Å². The molecule has 0 aromatic heterocycles. The standard InChI is InChI=1S/C19H19N3O4/c1-11-4-9-16(12(2)10-11)20-18(24)17(13(3)23)22-21-15-7-5-14(6-8-15)19(25)26/h4-10,17H,1-3H3,(H,20,24)(H,25,26)/b22-21+. The summed E-state index contributed by atoms with van der Waals surface area (Å²) >= 11 is 0. The lowest BCUT2D eigenvalue weighted by atomic mass is 10.1. The quantitative estimate of drug-likeness (QED) is 0.610. The van der Waals surface area contributed by atoms with Crippen molar-refractivity contribution in [1.29, 1.82) is 0 Å². The average molecular weight is 353 g/mol. The third-order valence-electron chi connectivity index (χ3n) is 3.68.